The van der Waals surface area contributed by atoms with Crippen LogP contribution in [-0.4, -0.2) is 33.6 Å². The van der Waals surface area contributed by atoms with E-state index >= 15 is 0 Å². The van der Waals surface area contributed by atoms with Crippen LogP contribution in [0.2, 0.25) is 0 Å². The molecular formula is C16H22O3. The standard InChI is InChI=1S/C16H22O3/c1-10-11(4-2-3-9-17)12-5-6-13(18)15(14(10)12)16(19)7-8-16/h4,10,12-15,17-19H,2-3,5-6,9H2,1H3/t10?,12-,13-,14+,15-/m0/s1. The molecule has 0 aromatic heterocycles. The Labute approximate surface area is 114 Å². The lowest BCUT2D eigenvalue weighted by Crippen LogP contribution is -2.56. The van der Waals surface area contributed by atoms with Gasteiger partial charge in [0, 0.05) is 12.5 Å². The average Bonchev–Trinajstić information content (AvgIpc) is 3.13. The van der Waals surface area contributed by atoms with E-state index < -0.39 is 11.7 Å². The Morgan fingerprint density at radius 1 is 1.37 bits per heavy atom. The summed E-state index contributed by atoms with van der Waals surface area (Å²) < 4.78 is 0. The maximum Gasteiger partial charge on any atom is 0.193 e. The zero-order valence-corrected chi connectivity index (χ0v) is 11.3. The lowest BCUT2D eigenvalue weighted by atomic mass is 9.49. The number of hydrogen-bond acceptors (Lipinski definition) is 3. The minimum Gasteiger partial charge on any atom is -0.396 e. The summed E-state index contributed by atoms with van der Waals surface area (Å²) in [5.74, 6) is 6.68. The first-order valence-electron chi connectivity index (χ1n) is 7.34. The maximum absolute atomic E-state index is 10.2. The average molecular weight is 262 g/mol. The van der Waals surface area contributed by atoms with Crippen LogP contribution in [0.4, 0.5) is 0 Å². The van der Waals surface area contributed by atoms with E-state index in [1.165, 1.54) is 5.57 Å². The van der Waals surface area contributed by atoms with Crippen molar-refractivity contribution in [3.05, 3.63) is 11.6 Å². The third-order valence-electron chi connectivity index (χ3n) is 5.20. The third kappa shape index (κ3) is 2.03. The molecule has 3 rings (SSSR count). The van der Waals surface area contributed by atoms with Crippen molar-refractivity contribution in [3.8, 4) is 11.8 Å². The summed E-state index contributed by atoms with van der Waals surface area (Å²) in [5, 5.41) is 29.3. The number of aliphatic hydroxyl groups is 3. The molecule has 0 saturated heterocycles. The summed E-state index contributed by atoms with van der Waals surface area (Å²) in [6, 6.07) is 0. The van der Waals surface area contributed by atoms with E-state index in [9.17, 15) is 10.2 Å². The van der Waals surface area contributed by atoms with Crippen molar-refractivity contribution in [2.24, 2.45) is 23.7 Å². The first-order chi connectivity index (χ1) is 9.08. The van der Waals surface area contributed by atoms with Gasteiger partial charge in [-0.2, -0.15) is 0 Å². The first-order valence-corrected chi connectivity index (χ1v) is 7.34. The topological polar surface area (TPSA) is 60.7 Å². The molecule has 2 saturated carbocycles. The quantitative estimate of drug-likeness (QED) is 0.404. The van der Waals surface area contributed by atoms with E-state index in [0.717, 1.165) is 25.7 Å². The molecule has 5 atom stereocenters. The molecule has 0 amide bonds. The van der Waals surface area contributed by atoms with Gasteiger partial charge in [-0.05, 0) is 43.4 Å². The summed E-state index contributed by atoms with van der Waals surface area (Å²) in [6.45, 7) is 2.42. The van der Waals surface area contributed by atoms with Crippen molar-refractivity contribution in [1.82, 2.24) is 0 Å². The normalized spacial score (nSPS) is 44.0. The van der Waals surface area contributed by atoms with Gasteiger partial charge in [0.15, 0.2) is 5.60 Å². The van der Waals surface area contributed by atoms with Crippen molar-refractivity contribution in [2.45, 2.75) is 44.3 Å². The maximum atomic E-state index is 10.2. The summed E-state index contributed by atoms with van der Waals surface area (Å²) in [6.07, 6.45) is 5.32. The lowest BCUT2D eigenvalue weighted by Gasteiger charge is -2.55. The van der Waals surface area contributed by atoms with Crippen LogP contribution < -0.4 is 0 Å². The monoisotopic (exact) mass is 262 g/mol. The van der Waals surface area contributed by atoms with E-state index in [0.29, 0.717) is 17.8 Å². The first kappa shape index (κ1) is 13.2. The van der Waals surface area contributed by atoms with Gasteiger partial charge < -0.3 is 15.3 Å². The predicted molar refractivity (Wildman–Crippen MR) is 72.0 cm³/mol. The van der Waals surface area contributed by atoms with Crippen LogP contribution in [0.15, 0.2) is 11.6 Å². The van der Waals surface area contributed by atoms with Crippen LogP contribution in [0.25, 0.3) is 0 Å². The molecule has 0 aromatic rings. The van der Waals surface area contributed by atoms with Gasteiger partial charge in [-0.3, -0.25) is 0 Å². The molecule has 0 spiro atoms. The number of allylic oxidation sites excluding steroid dienone is 2. The van der Waals surface area contributed by atoms with Crippen LogP contribution >= 0.6 is 0 Å². The van der Waals surface area contributed by atoms with Gasteiger partial charge in [-0.1, -0.05) is 30.4 Å². The Morgan fingerprint density at radius 2 is 2.11 bits per heavy atom. The highest BCUT2D eigenvalue weighted by molar-refractivity contribution is 5.47. The number of rotatable bonds is 4. The zero-order valence-electron chi connectivity index (χ0n) is 11.3. The molecule has 0 heterocycles. The summed E-state index contributed by atoms with van der Waals surface area (Å²) >= 11 is 0. The van der Waals surface area contributed by atoms with Crippen LogP contribution in [0.3, 0.4) is 0 Å². The zero-order chi connectivity index (χ0) is 13.6. The van der Waals surface area contributed by atoms with Crippen molar-refractivity contribution in [1.29, 1.82) is 0 Å². The largest absolute Gasteiger partial charge is 0.396 e. The molecule has 0 aliphatic heterocycles. The molecule has 0 bridgehead atoms. The summed E-state index contributed by atoms with van der Waals surface area (Å²) in [5.41, 5.74) is 0.396. The molecule has 19 heavy (non-hydrogen) atoms. The Kier molecular flexibility index (Phi) is 3.21. The van der Waals surface area contributed by atoms with Crippen LogP contribution in [0, 0.1) is 35.5 Å². The van der Waals surface area contributed by atoms with E-state index in [4.69, 9.17) is 5.11 Å². The molecule has 104 valence electrons. The molecule has 3 aliphatic carbocycles. The van der Waals surface area contributed by atoms with Gasteiger partial charge in [-0.25, -0.2) is 0 Å². The van der Waals surface area contributed by atoms with Gasteiger partial charge in [-0.15, -0.1) is 0 Å². The van der Waals surface area contributed by atoms with Gasteiger partial charge >= 0.3 is 0 Å². The van der Waals surface area contributed by atoms with Crippen LogP contribution in [0.5, 0.6) is 0 Å². The fraction of sp³-hybridized carbons (Fsp3) is 0.750. The smallest absolute Gasteiger partial charge is 0.193 e. The number of aliphatic hydroxyl groups excluding tert-OH is 2. The van der Waals surface area contributed by atoms with E-state index in [-0.39, 0.29) is 12.5 Å². The number of hydrogen-bond donors (Lipinski definition) is 3. The second-order valence-corrected chi connectivity index (χ2v) is 6.23. The highest BCUT2D eigenvalue weighted by atomic mass is 16.3. The molecule has 2 fully saturated rings. The lowest BCUT2D eigenvalue weighted by molar-refractivity contribution is -0.0958. The second-order valence-electron chi connectivity index (χ2n) is 6.23. The second kappa shape index (κ2) is 4.63. The molecule has 3 heteroatoms. The van der Waals surface area contributed by atoms with Gasteiger partial charge in [0.05, 0.1) is 6.10 Å². The Hall–Kier alpha value is -0.820. The molecule has 3 aliphatic rings. The highest BCUT2D eigenvalue weighted by Crippen LogP contribution is 2.58. The van der Waals surface area contributed by atoms with Gasteiger partial charge in [0.2, 0.25) is 0 Å². The van der Waals surface area contributed by atoms with Crippen molar-refractivity contribution in [3.63, 3.8) is 0 Å². The minimum atomic E-state index is -1.06. The Balaban J connectivity index is 1.73. The van der Waals surface area contributed by atoms with Crippen LogP contribution in [-0.2, 0) is 0 Å². The van der Waals surface area contributed by atoms with Gasteiger partial charge in [0.1, 0.15) is 0 Å². The minimum absolute atomic E-state index is 0.128. The van der Waals surface area contributed by atoms with Crippen LogP contribution in [0.1, 0.15) is 32.6 Å². The molecule has 1 unspecified atom stereocenters. The fourth-order valence-electron chi connectivity index (χ4n) is 4.20. The van der Waals surface area contributed by atoms with Crippen molar-refractivity contribution < 1.29 is 15.3 Å². The molecule has 3 nitrogen and oxygen atoms in total. The van der Waals surface area contributed by atoms with E-state index in [2.05, 4.69) is 24.8 Å². The molecule has 0 aromatic carbocycles. The number of unbranched alkanes of at least 4 members (excludes halogenated alkanes) is 1. The molecule has 3 N–H and O–H groups in total. The Morgan fingerprint density at radius 3 is 2.74 bits per heavy atom. The fourth-order valence-corrected chi connectivity index (χ4v) is 4.20. The van der Waals surface area contributed by atoms with Crippen molar-refractivity contribution in [2.75, 3.05) is 6.61 Å². The van der Waals surface area contributed by atoms with E-state index in [1.54, 1.807) is 0 Å². The molecule has 0 radical (unpaired) electrons. The number of fused-ring (bicyclic) bond motifs is 1. The highest BCUT2D eigenvalue weighted by Gasteiger charge is 2.59. The van der Waals surface area contributed by atoms with Gasteiger partial charge in [0.25, 0.3) is 0 Å². The Bertz CT molecular complexity index is 448. The predicted octanol–water partition coefficient (Wildman–Crippen LogP) is 1.09. The van der Waals surface area contributed by atoms with E-state index in [1.807, 2.05) is 0 Å². The van der Waals surface area contributed by atoms with Crippen molar-refractivity contribution >= 4 is 0 Å². The molecular weight excluding hydrogens is 240 g/mol. The SMILES string of the molecule is CC1C(=CCCCO)[C@@H]2CC[C@H](O)[C@H](C3(O)C#C3)[C@H]12. The summed E-state index contributed by atoms with van der Waals surface area (Å²) in [7, 11) is 0. The third-order valence-corrected chi connectivity index (χ3v) is 5.20. The summed E-state index contributed by atoms with van der Waals surface area (Å²) in [4.78, 5) is 0.